The lowest BCUT2D eigenvalue weighted by molar-refractivity contribution is -0.769. The summed E-state index contributed by atoms with van der Waals surface area (Å²) < 4.78 is 35.1. The highest BCUT2D eigenvalue weighted by Gasteiger charge is 2.52. The summed E-state index contributed by atoms with van der Waals surface area (Å²) in [7, 11) is 0. The van der Waals surface area contributed by atoms with Crippen LogP contribution >= 0.6 is 11.6 Å². The number of nitrogens with zero attached hydrogens (tertiary/aromatic N) is 7. The Kier molecular flexibility index (Phi) is 12.6. The van der Waals surface area contributed by atoms with Crippen LogP contribution in [0.5, 0.6) is 0 Å². The number of benzene rings is 2. The molecule has 308 valence electrons. The van der Waals surface area contributed by atoms with Crippen LogP contribution in [-0.4, -0.2) is 121 Å². The predicted octanol–water partition coefficient (Wildman–Crippen LogP) is 4.77. The Hall–Kier alpha value is -5.86. The number of rotatable bonds is 14. The third-order valence-corrected chi connectivity index (χ3v) is 10.3. The summed E-state index contributed by atoms with van der Waals surface area (Å²) in [6.07, 6.45) is -4.00. The Bertz CT molecular complexity index is 2080. The molecule has 58 heavy (non-hydrogen) atoms. The van der Waals surface area contributed by atoms with Gasteiger partial charge in [0.15, 0.2) is 28.9 Å². The normalized spacial score (nSPS) is 20.9. The van der Waals surface area contributed by atoms with E-state index in [1.54, 1.807) is 4.57 Å². The maximum absolute atomic E-state index is 13.6. The molecule has 5 atom stereocenters. The van der Waals surface area contributed by atoms with Crippen LogP contribution in [0.15, 0.2) is 48.5 Å². The number of hydrogen-bond donors (Lipinski definition) is 1. The quantitative estimate of drug-likeness (QED) is 0.0592. The van der Waals surface area contributed by atoms with Crippen molar-refractivity contribution in [3.63, 3.8) is 0 Å². The van der Waals surface area contributed by atoms with Gasteiger partial charge in [0, 0.05) is 38.5 Å². The molecular formula is C37H41ClN8O12. The highest BCUT2D eigenvalue weighted by molar-refractivity contribution is 6.32. The van der Waals surface area contributed by atoms with Gasteiger partial charge in [-0.15, -0.1) is 15.2 Å². The lowest BCUT2D eigenvalue weighted by Crippen LogP contribution is -2.44. The first kappa shape index (κ1) is 40.3. The van der Waals surface area contributed by atoms with Gasteiger partial charge in [0.1, 0.15) is 24.1 Å². The standard InChI is InChI=1S/C37H41ClN8O12/c1-3-4-9-29-39-33(38)30(45(29)18-22-10-12-23(13-11-22)25-7-5-6-8-26(25)34-40-42-43-41-34)35(47)54-21(2)55-37(49)57-28-20-53-31-27(19-52-32(28)31)56-36(48)44-16-14-24(15-17-44)58-46(50)51/h5-8,10-13,21,24,27-28,31-32H,3-4,9,14-20H2,1-2H3,(H,40,41,42,43)/t21?,27-,28-,31-,32-/m1/s1. The minimum absolute atomic E-state index is 0.000693. The molecule has 3 aliphatic heterocycles. The molecule has 3 aliphatic rings. The molecule has 0 radical (unpaired) electrons. The number of amides is 1. The van der Waals surface area contributed by atoms with E-state index in [1.165, 1.54) is 11.8 Å². The van der Waals surface area contributed by atoms with E-state index in [0.717, 1.165) is 35.1 Å². The Balaban J connectivity index is 0.936. The molecule has 1 N–H and O–H groups in total. The van der Waals surface area contributed by atoms with Crippen LogP contribution in [0.4, 0.5) is 9.59 Å². The fourth-order valence-electron chi connectivity index (χ4n) is 7.16. The van der Waals surface area contributed by atoms with Gasteiger partial charge < -0.3 is 42.7 Å². The van der Waals surface area contributed by atoms with Gasteiger partial charge in [0.05, 0.1) is 13.2 Å². The zero-order valence-corrected chi connectivity index (χ0v) is 32.3. The molecule has 3 saturated heterocycles. The van der Waals surface area contributed by atoms with Gasteiger partial charge in [-0.1, -0.05) is 73.5 Å². The summed E-state index contributed by atoms with van der Waals surface area (Å²) in [5.74, 6) is 0.290. The number of carbonyl (C=O) groups is 3. The highest BCUT2D eigenvalue weighted by atomic mass is 35.5. The number of tetrazole rings is 1. The van der Waals surface area contributed by atoms with Gasteiger partial charge in [-0.25, -0.2) is 24.5 Å². The molecule has 2 aromatic heterocycles. The van der Waals surface area contributed by atoms with Gasteiger partial charge in [-0.3, -0.25) is 0 Å². The van der Waals surface area contributed by atoms with Gasteiger partial charge in [0.2, 0.25) is 6.29 Å². The van der Waals surface area contributed by atoms with Crippen molar-refractivity contribution in [2.75, 3.05) is 26.3 Å². The number of carbonyl (C=O) groups excluding carboxylic acids is 3. The predicted molar refractivity (Wildman–Crippen MR) is 199 cm³/mol. The van der Waals surface area contributed by atoms with E-state index in [4.69, 9.17) is 40.0 Å². The summed E-state index contributed by atoms with van der Waals surface area (Å²) in [4.78, 5) is 60.3. The van der Waals surface area contributed by atoms with Crippen molar-refractivity contribution in [1.82, 2.24) is 35.1 Å². The topological polar surface area (TPSA) is 234 Å². The average molecular weight is 825 g/mol. The number of unbranched alkanes of at least 4 members (excludes halogenated alkanes) is 1. The summed E-state index contributed by atoms with van der Waals surface area (Å²) >= 11 is 6.55. The third-order valence-electron chi connectivity index (χ3n) is 10.0. The molecule has 4 aromatic rings. The van der Waals surface area contributed by atoms with Gasteiger partial charge in [0.25, 0.3) is 5.09 Å². The molecule has 3 fully saturated rings. The molecule has 21 heteroatoms. The molecule has 20 nitrogen and oxygen atoms in total. The number of aromatic amines is 1. The van der Waals surface area contributed by atoms with E-state index in [0.29, 0.717) is 30.9 Å². The molecule has 0 aliphatic carbocycles. The number of piperidine rings is 1. The molecule has 0 saturated carbocycles. The fourth-order valence-corrected chi connectivity index (χ4v) is 7.44. The Morgan fingerprint density at radius 2 is 1.69 bits per heavy atom. The summed E-state index contributed by atoms with van der Waals surface area (Å²) in [6, 6.07) is 15.6. The van der Waals surface area contributed by atoms with E-state index in [-0.39, 0.29) is 43.7 Å². The molecule has 2 aromatic carbocycles. The van der Waals surface area contributed by atoms with E-state index in [2.05, 4.69) is 30.4 Å². The van der Waals surface area contributed by atoms with E-state index >= 15 is 0 Å². The number of aromatic nitrogens is 6. The summed E-state index contributed by atoms with van der Waals surface area (Å²) in [5.41, 5.74) is 3.57. The smallest absolute Gasteiger partial charge is 0.441 e. The fraction of sp³-hybridized carbons (Fsp3) is 0.486. The SMILES string of the molecule is CCCCc1nc(Cl)c(C(=O)OC(C)OC(=O)O[C@@H]2CO[C@H]3[C@@H]2OC[C@H]3OC(=O)N2CCC(O[N+](=O)[O-])CC2)n1Cc1ccc(-c2ccccc2-c2nnn[nH]2)cc1. The van der Waals surface area contributed by atoms with Crippen LogP contribution in [0.1, 0.15) is 61.4 Å². The molecule has 1 unspecified atom stereocenters. The Morgan fingerprint density at radius 3 is 2.34 bits per heavy atom. The third kappa shape index (κ3) is 9.29. The first-order valence-electron chi connectivity index (χ1n) is 18.8. The summed E-state index contributed by atoms with van der Waals surface area (Å²) in [6.45, 7) is 4.06. The molecule has 7 rings (SSSR count). The van der Waals surface area contributed by atoms with Crippen LogP contribution < -0.4 is 0 Å². The van der Waals surface area contributed by atoms with Crippen molar-refractivity contribution in [2.24, 2.45) is 0 Å². The number of aryl methyl sites for hydroxylation is 1. The van der Waals surface area contributed by atoms with Gasteiger partial charge in [-0.2, -0.15) is 0 Å². The largest absolute Gasteiger partial charge is 0.511 e. The van der Waals surface area contributed by atoms with Crippen LogP contribution in [0.2, 0.25) is 5.15 Å². The van der Waals surface area contributed by atoms with E-state index in [9.17, 15) is 24.5 Å². The molecule has 5 heterocycles. The molecule has 0 spiro atoms. The average Bonchev–Trinajstić information content (AvgIpc) is 4.01. The highest BCUT2D eigenvalue weighted by Crippen LogP contribution is 2.33. The monoisotopic (exact) mass is 824 g/mol. The van der Waals surface area contributed by atoms with Crippen molar-refractivity contribution in [3.05, 3.63) is 80.9 Å². The number of nitrogens with one attached hydrogen (secondary N) is 1. The number of esters is 1. The Labute approximate surface area is 336 Å². The number of likely N-dealkylation sites (tertiary alicyclic amines) is 1. The number of imidazole rings is 1. The second kappa shape index (κ2) is 18.2. The van der Waals surface area contributed by atoms with E-state index < -0.39 is 60.1 Å². The molecule has 0 bridgehead atoms. The number of ether oxygens (including phenoxy) is 6. The van der Waals surface area contributed by atoms with E-state index in [1.807, 2.05) is 55.5 Å². The zero-order valence-electron chi connectivity index (χ0n) is 31.6. The van der Waals surface area contributed by atoms with Crippen LogP contribution in [0.3, 0.4) is 0 Å². The van der Waals surface area contributed by atoms with Crippen LogP contribution in [-0.2, 0) is 46.2 Å². The Morgan fingerprint density at radius 1 is 1.00 bits per heavy atom. The summed E-state index contributed by atoms with van der Waals surface area (Å²) in [5, 5.41) is 24.0. The number of hydrogen-bond acceptors (Lipinski definition) is 16. The van der Waals surface area contributed by atoms with Crippen molar-refractivity contribution >= 4 is 29.8 Å². The minimum Gasteiger partial charge on any atom is -0.441 e. The molecule has 1 amide bonds. The van der Waals surface area contributed by atoms with Crippen LogP contribution in [0.25, 0.3) is 22.5 Å². The number of fused-ring (bicyclic) bond motifs is 1. The van der Waals surface area contributed by atoms with Gasteiger partial charge in [-0.05, 0) is 46.4 Å². The van der Waals surface area contributed by atoms with Crippen molar-refractivity contribution in [3.8, 4) is 22.5 Å². The second-order valence-electron chi connectivity index (χ2n) is 13.9. The lowest BCUT2D eigenvalue weighted by atomic mass is 9.98. The van der Waals surface area contributed by atoms with Crippen molar-refractivity contribution < 1.29 is 52.7 Å². The maximum atomic E-state index is 13.6. The lowest BCUT2D eigenvalue weighted by Gasteiger charge is -2.31. The minimum atomic E-state index is -1.38. The van der Waals surface area contributed by atoms with Gasteiger partial charge >= 0.3 is 18.2 Å². The van der Waals surface area contributed by atoms with Crippen molar-refractivity contribution in [1.29, 1.82) is 0 Å². The first-order chi connectivity index (χ1) is 28.1. The van der Waals surface area contributed by atoms with Crippen LogP contribution in [0, 0.1) is 10.1 Å². The molecular weight excluding hydrogens is 784 g/mol. The second-order valence-corrected chi connectivity index (χ2v) is 14.2. The van der Waals surface area contributed by atoms with Crippen molar-refractivity contribution in [2.45, 2.75) is 89.3 Å². The number of H-pyrrole nitrogens is 1. The first-order valence-corrected chi connectivity index (χ1v) is 19.2. The number of halogens is 1. The zero-order chi connectivity index (χ0) is 40.8. The maximum Gasteiger partial charge on any atom is 0.511 e.